The second kappa shape index (κ2) is 11.0. The first-order valence-corrected chi connectivity index (χ1v) is 14.3. The standard InChI is InChI=1S/C30H32N4O5S/c1-38-18-22-4-3-12-33(22)30-31-25-10-9-21(14-28(25)40-30)34-17-24(29(36)37)27(35)15-26(34)19-5-7-20(8-6-19)32-13-11-23(16-32)39-2/h5-10,14-15,17,22-23H,3-4,11-13,16,18H2,1-2H3,(H,36,37). The summed E-state index contributed by atoms with van der Waals surface area (Å²) in [6, 6.07) is 15.7. The van der Waals surface area contributed by atoms with Gasteiger partial charge in [-0.25, -0.2) is 9.78 Å². The number of pyridine rings is 1. The van der Waals surface area contributed by atoms with Gasteiger partial charge in [0.2, 0.25) is 0 Å². The third-order valence-corrected chi connectivity index (χ3v) is 8.96. The van der Waals surface area contributed by atoms with Crippen molar-refractivity contribution in [3.05, 3.63) is 70.5 Å². The third-order valence-electron chi connectivity index (χ3n) is 7.91. The van der Waals surface area contributed by atoms with E-state index >= 15 is 0 Å². The smallest absolute Gasteiger partial charge is 0.341 e. The average Bonchev–Trinajstić information content (AvgIpc) is 3.72. The van der Waals surface area contributed by atoms with E-state index in [1.54, 1.807) is 30.1 Å². The molecule has 0 amide bonds. The molecule has 4 heterocycles. The molecular weight excluding hydrogens is 528 g/mol. The number of fused-ring (bicyclic) bond motifs is 1. The highest BCUT2D eigenvalue weighted by molar-refractivity contribution is 7.22. The van der Waals surface area contributed by atoms with Crippen LogP contribution in [0, 0.1) is 0 Å². The molecule has 0 saturated carbocycles. The van der Waals surface area contributed by atoms with Crippen molar-refractivity contribution in [1.82, 2.24) is 9.55 Å². The Morgan fingerprint density at radius 3 is 2.60 bits per heavy atom. The molecule has 2 aliphatic rings. The first-order valence-electron chi connectivity index (χ1n) is 13.5. The zero-order valence-electron chi connectivity index (χ0n) is 22.6. The summed E-state index contributed by atoms with van der Waals surface area (Å²) in [6.07, 6.45) is 4.83. The first kappa shape index (κ1) is 26.5. The van der Waals surface area contributed by atoms with Crippen LogP contribution in [0.2, 0.25) is 0 Å². The highest BCUT2D eigenvalue weighted by Gasteiger charge is 2.27. The molecule has 0 spiro atoms. The van der Waals surface area contributed by atoms with Crippen molar-refractivity contribution in [2.24, 2.45) is 0 Å². The van der Waals surface area contributed by atoms with E-state index in [0.717, 1.165) is 71.2 Å². The number of nitrogens with zero attached hydrogens (tertiary/aromatic N) is 4. The van der Waals surface area contributed by atoms with Gasteiger partial charge in [-0.1, -0.05) is 23.5 Å². The van der Waals surface area contributed by atoms with Crippen molar-refractivity contribution in [2.75, 3.05) is 50.3 Å². The molecule has 2 aromatic heterocycles. The summed E-state index contributed by atoms with van der Waals surface area (Å²) in [4.78, 5) is 34.2. The SMILES string of the molecule is COCC1CCCN1c1nc2ccc(-n3cc(C(=O)O)c(=O)cc3-c3ccc(N4CCC(OC)C4)cc3)cc2s1. The fourth-order valence-electron chi connectivity index (χ4n) is 5.76. The third kappa shape index (κ3) is 4.98. The van der Waals surface area contributed by atoms with Gasteiger partial charge in [0, 0.05) is 57.5 Å². The van der Waals surface area contributed by atoms with E-state index < -0.39 is 11.4 Å². The highest BCUT2D eigenvalue weighted by Crippen LogP contribution is 2.35. The Bertz CT molecular complexity index is 1600. The Labute approximate surface area is 236 Å². The van der Waals surface area contributed by atoms with Crippen LogP contribution < -0.4 is 15.2 Å². The van der Waals surface area contributed by atoms with Gasteiger partial charge in [-0.3, -0.25) is 4.79 Å². The van der Waals surface area contributed by atoms with Gasteiger partial charge in [0.25, 0.3) is 0 Å². The van der Waals surface area contributed by atoms with E-state index in [4.69, 9.17) is 14.5 Å². The fourth-order valence-corrected chi connectivity index (χ4v) is 6.85. The highest BCUT2D eigenvalue weighted by atomic mass is 32.1. The number of ether oxygens (including phenoxy) is 2. The average molecular weight is 561 g/mol. The van der Waals surface area contributed by atoms with E-state index in [1.807, 2.05) is 42.5 Å². The van der Waals surface area contributed by atoms with E-state index in [2.05, 4.69) is 9.80 Å². The number of carboxylic acid groups (broad SMARTS) is 1. The lowest BCUT2D eigenvalue weighted by molar-refractivity contribution is 0.0695. The number of carbonyl (C=O) groups is 1. The Balaban J connectivity index is 1.38. The maximum Gasteiger partial charge on any atom is 0.341 e. The maximum atomic E-state index is 12.8. The molecule has 208 valence electrons. The molecule has 40 heavy (non-hydrogen) atoms. The second-order valence-electron chi connectivity index (χ2n) is 10.3. The lowest BCUT2D eigenvalue weighted by Crippen LogP contribution is -2.32. The Morgan fingerprint density at radius 2 is 1.88 bits per heavy atom. The number of hydrogen-bond donors (Lipinski definition) is 1. The second-order valence-corrected chi connectivity index (χ2v) is 11.4. The molecule has 2 saturated heterocycles. The molecular formula is C30H32N4O5S. The number of aromatic carboxylic acids is 1. The molecule has 2 unspecified atom stereocenters. The zero-order valence-corrected chi connectivity index (χ0v) is 23.4. The van der Waals surface area contributed by atoms with Crippen molar-refractivity contribution in [2.45, 2.75) is 31.4 Å². The largest absolute Gasteiger partial charge is 0.477 e. The molecule has 0 radical (unpaired) electrons. The lowest BCUT2D eigenvalue weighted by Gasteiger charge is -2.22. The van der Waals surface area contributed by atoms with Gasteiger partial charge >= 0.3 is 5.97 Å². The van der Waals surface area contributed by atoms with Crippen LogP contribution in [0.1, 0.15) is 29.6 Å². The van der Waals surface area contributed by atoms with E-state index in [1.165, 1.54) is 12.3 Å². The Morgan fingerprint density at radius 1 is 1.07 bits per heavy atom. The molecule has 2 atom stereocenters. The van der Waals surface area contributed by atoms with Crippen LogP contribution in [0.25, 0.3) is 27.2 Å². The van der Waals surface area contributed by atoms with Crippen molar-refractivity contribution in [3.63, 3.8) is 0 Å². The fraction of sp³-hybridized carbons (Fsp3) is 0.367. The molecule has 2 aliphatic heterocycles. The molecule has 9 nitrogen and oxygen atoms in total. The minimum absolute atomic E-state index is 0.229. The van der Waals surface area contributed by atoms with Crippen LogP contribution in [-0.4, -0.2) is 73.2 Å². The van der Waals surface area contributed by atoms with Crippen LogP contribution in [0.3, 0.4) is 0 Å². The van der Waals surface area contributed by atoms with Crippen LogP contribution in [-0.2, 0) is 9.47 Å². The number of anilines is 2. The van der Waals surface area contributed by atoms with E-state index in [0.29, 0.717) is 18.3 Å². The lowest BCUT2D eigenvalue weighted by atomic mass is 10.1. The van der Waals surface area contributed by atoms with Crippen LogP contribution in [0.5, 0.6) is 0 Å². The quantitative estimate of drug-likeness (QED) is 0.333. The van der Waals surface area contributed by atoms with Gasteiger partial charge in [0.05, 0.1) is 34.7 Å². The summed E-state index contributed by atoms with van der Waals surface area (Å²) in [7, 11) is 3.47. The summed E-state index contributed by atoms with van der Waals surface area (Å²) in [5.41, 5.74) is 3.40. The number of carboxylic acids is 1. The van der Waals surface area contributed by atoms with Crippen molar-refractivity contribution in [3.8, 4) is 16.9 Å². The Hall–Kier alpha value is -3.73. The van der Waals surface area contributed by atoms with Gasteiger partial charge in [0.15, 0.2) is 10.6 Å². The van der Waals surface area contributed by atoms with E-state index in [9.17, 15) is 14.7 Å². The topological polar surface area (TPSA) is 97.1 Å². The molecule has 2 fully saturated rings. The van der Waals surface area contributed by atoms with Crippen molar-refractivity contribution < 1.29 is 19.4 Å². The molecule has 0 bridgehead atoms. The number of methoxy groups -OCH3 is 2. The van der Waals surface area contributed by atoms with Crippen molar-refractivity contribution in [1.29, 1.82) is 0 Å². The molecule has 10 heteroatoms. The van der Waals surface area contributed by atoms with Gasteiger partial charge in [0.1, 0.15) is 5.56 Å². The van der Waals surface area contributed by atoms with Gasteiger partial charge in [-0.05, 0) is 55.2 Å². The summed E-state index contributed by atoms with van der Waals surface area (Å²) in [5.74, 6) is -1.25. The first-order chi connectivity index (χ1) is 19.4. The number of hydrogen-bond acceptors (Lipinski definition) is 8. The minimum Gasteiger partial charge on any atom is -0.477 e. The van der Waals surface area contributed by atoms with Crippen LogP contribution >= 0.6 is 11.3 Å². The zero-order chi connectivity index (χ0) is 27.8. The maximum absolute atomic E-state index is 12.8. The molecule has 2 aromatic carbocycles. The van der Waals surface area contributed by atoms with Crippen molar-refractivity contribution >= 4 is 38.3 Å². The predicted octanol–water partition coefficient (Wildman–Crippen LogP) is 4.65. The summed E-state index contributed by atoms with van der Waals surface area (Å²) >= 11 is 1.62. The number of benzene rings is 2. The molecule has 0 aliphatic carbocycles. The monoisotopic (exact) mass is 560 g/mol. The summed E-state index contributed by atoms with van der Waals surface area (Å²) in [5, 5.41) is 10.7. The van der Waals surface area contributed by atoms with Gasteiger partial charge in [-0.2, -0.15) is 0 Å². The summed E-state index contributed by atoms with van der Waals surface area (Å²) in [6.45, 7) is 3.39. The normalized spacial score (nSPS) is 19.1. The minimum atomic E-state index is -1.25. The molecule has 6 rings (SSSR count). The van der Waals surface area contributed by atoms with Crippen LogP contribution in [0.4, 0.5) is 10.8 Å². The summed E-state index contributed by atoms with van der Waals surface area (Å²) < 4.78 is 13.7. The number of rotatable bonds is 8. The van der Waals surface area contributed by atoms with Crippen LogP contribution in [0.15, 0.2) is 59.5 Å². The van der Waals surface area contributed by atoms with Gasteiger partial charge in [-0.15, -0.1) is 0 Å². The Kier molecular flexibility index (Phi) is 7.31. The van der Waals surface area contributed by atoms with E-state index in [-0.39, 0.29) is 11.7 Å². The molecule has 1 N–H and O–H groups in total. The number of thiazole rings is 1. The number of aromatic nitrogens is 2. The molecule has 4 aromatic rings. The predicted molar refractivity (Wildman–Crippen MR) is 157 cm³/mol. The van der Waals surface area contributed by atoms with Gasteiger partial charge < -0.3 is 28.9 Å².